The number of likely N-dealkylation sites (tertiary alicyclic amines) is 1. The largest absolute Gasteiger partial charge is 0.387 e. The molecule has 0 bridgehead atoms. The normalized spacial score (nSPS) is 25.1. The summed E-state index contributed by atoms with van der Waals surface area (Å²) in [5.41, 5.74) is 3.34. The summed E-state index contributed by atoms with van der Waals surface area (Å²) in [4.78, 5) is 32.1. The Hall–Kier alpha value is -4.10. The molecule has 4 aromatic rings. The van der Waals surface area contributed by atoms with Crippen LogP contribution in [0.1, 0.15) is 49.5 Å². The highest BCUT2D eigenvalue weighted by Gasteiger charge is 2.48. The molecule has 7 rings (SSSR count). The van der Waals surface area contributed by atoms with Crippen molar-refractivity contribution in [3.63, 3.8) is 0 Å². The van der Waals surface area contributed by atoms with Crippen molar-refractivity contribution in [3.8, 4) is 0 Å². The summed E-state index contributed by atoms with van der Waals surface area (Å²) in [5, 5.41) is 28.1. The molecule has 3 saturated heterocycles. The molecule has 242 valence electrons. The molecule has 3 fully saturated rings. The van der Waals surface area contributed by atoms with Crippen LogP contribution in [0.5, 0.6) is 0 Å². The Kier molecular flexibility index (Phi) is 8.85. The van der Waals surface area contributed by atoms with E-state index in [2.05, 4.69) is 49.7 Å². The quantitative estimate of drug-likeness (QED) is 0.208. The lowest BCUT2D eigenvalue weighted by Crippen LogP contribution is -2.42. The van der Waals surface area contributed by atoms with Gasteiger partial charge in [-0.3, -0.25) is 14.3 Å². The lowest BCUT2D eigenvalue weighted by Gasteiger charge is -2.24. The van der Waals surface area contributed by atoms with E-state index < -0.39 is 30.4 Å². The van der Waals surface area contributed by atoms with Gasteiger partial charge in [0.15, 0.2) is 29.3 Å². The number of amides is 1. The highest BCUT2D eigenvalue weighted by atomic mass is 16.6. The van der Waals surface area contributed by atoms with Crippen LogP contribution < -0.4 is 15.5 Å². The summed E-state index contributed by atoms with van der Waals surface area (Å²) in [6.07, 6.45) is 0.0357. The lowest BCUT2D eigenvalue weighted by atomic mass is 9.91. The van der Waals surface area contributed by atoms with Crippen LogP contribution in [0.4, 0.5) is 11.8 Å². The van der Waals surface area contributed by atoms with Gasteiger partial charge in [-0.15, -0.1) is 0 Å². The Labute approximate surface area is 268 Å². The number of likely N-dealkylation sites (N-methyl/N-ethyl adjacent to an activating group) is 1. The second-order valence-corrected chi connectivity index (χ2v) is 12.4. The molecule has 5 atom stereocenters. The average Bonchev–Trinajstić information content (AvgIpc) is 3.90. The second kappa shape index (κ2) is 13.3. The van der Waals surface area contributed by atoms with Crippen LogP contribution in [0.15, 0.2) is 67.0 Å². The smallest absolute Gasteiger partial charge is 0.252 e. The fraction of sp³-hybridized carbons (Fsp3) is 0.471. The molecule has 2 aromatic heterocycles. The molecule has 12 nitrogen and oxygen atoms in total. The molecule has 0 radical (unpaired) electrons. The predicted octanol–water partition coefficient (Wildman–Crippen LogP) is 2.50. The topological polar surface area (TPSA) is 141 Å². The number of hydrogen-bond acceptors (Lipinski definition) is 10. The van der Waals surface area contributed by atoms with Gasteiger partial charge in [-0.25, -0.2) is 4.98 Å². The van der Waals surface area contributed by atoms with Crippen LogP contribution in [0.2, 0.25) is 0 Å². The minimum atomic E-state index is -1.40. The number of carbonyl (C=O) groups excluding carboxylic acids is 1. The Morgan fingerprint density at radius 1 is 0.978 bits per heavy atom. The zero-order valence-corrected chi connectivity index (χ0v) is 26.1. The summed E-state index contributed by atoms with van der Waals surface area (Å²) < 4.78 is 7.58. The molecule has 3 aliphatic heterocycles. The van der Waals surface area contributed by atoms with Gasteiger partial charge >= 0.3 is 0 Å². The highest BCUT2D eigenvalue weighted by molar-refractivity contribution is 5.85. The fourth-order valence-corrected chi connectivity index (χ4v) is 7.06. The summed E-state index contributed by atoms with van der Waals surface area (Å²) in [5.74, 6) is 0.727. The van der Waals surface area contributed by atoms with Crippen molar-refractivity contribution in [1.29, 1.82) is 0 Å². The molecule has 4 N–H and O–H groups in total. The van der Waals surface area contributed by atoms with E-state index in [4.69, 9.17) is 14.7 Å². The first-order valence-corrected chi connectivity index (χ1v) is 16.4. The number of fused-ring (bicyclic) bond motifs is 1. The lowest BCUT2D eigenvalue weighted by molar-refractivity contribution is -0.137. The molecule has 3 aliphatic rings. The number of anilines is 2. The third kappa shape index (κ3) is 5.93. The minimum absolute atomic E-state index is 0.0530. The first-order chi connectivity index (χ1) is 22.5. The van der Waals surface area contributed by atoms with E-state index in [1.165, 1.54) is 30.3 Å². The van der Waals surface area contributed by atoms with Crippen LogP contribution in [0, 0.1) is 0 Å². The van der Waals surface area contributed by atoms with Crippen LogP contribution >= 0.6 is 0 Å². The van der Waals surface area contributed by atoms with E-state index in [9.17, 15) is 15.0 Å². The number of hydrogen-bond donors (Lipinski definition) is 4. The van der Waals surface area contributed by atoms with Gasteiger partial charge in [0.05, 0.1) is 6.33 Å². The van der Waals surface area contributed by atoms with Gasteiger partial charge in [0, 0.05) is 38.1 Å². The summed E-state index contributed by atoms with van der Waals surface area (Å²) in [7, 11) is 0. The zero-order valence-electron chi connectivity index (χ0n) is 26.1. The van der Waals surface area contributed by atoms with E-state index >= 15 is 0 Å². The van der Waals surface area contributed by atoms with Gasteiger partial charge in [0.25, 0.3) is 5.91 Å². The van der Waals surface area contributed by atoms with E-state index in [0.29, 0.717) is 42.1 Å². The Bertz CT molecular complexity index is 1590. The number of aliphatic hydroxyl groups excluding tert-OH is 2. The molecule has 0 saturated carbocycles. The summed E-state index contributed by atoms with van der Waals surface area (Å²) >= 11 is 0. The van der Waals surface area contributed by atoms with Crippen LogP contribution in [0.25, 0.3) is 11.2 Å². The molecule has 46 heavy (non-hydrogen) atoms. The number of imidazole rings is 1. The number of aliphatic hydroxyl groups is 2. The number of carbonyl (C=O) groups is 1. The van der Waals surface area contributed by atoms with Crippen molar-refractivity contribution in [2.24, 2.45) is 0 Å². The highest BCUT2D eigenvalue weighted by Crippen LogP contribution is 2.35. The van der Waals surface area contributed by atoms with Crippen LogP contribution in [0.3, 0.4) is 0 Å². The van der Waals surface area contributed by atoms with E-state index in [1.54, 1.807) is 11.5 Å². The van der Waals surface area contributed by atoms with E-state index in [0.717, 1.165) is 32.6 Å². The van der Waals surface area contributed by atoms with Gasteiger partial charge in [-0.2, -0.15) is 9.97 Å². The third-order valence-corrected chi connectivity index (χ3v) is 9.51. The molecule has 2 aromatic carbocycles. The van der Waals surface area contributed by atoms with E-state index in [-0.39, 0.29) is 5.92 Å². The van der Waals surface area contributed by atoms with Gasteiger partial charge in [0.2, 0.25) is 5.95 Å². The monoisotopic (exact) mass is 626 g/mol. The Balaban J connectivity index is 1.24. The minimum Gasteiger partial charge on any atom is -0.387 e. The van der Waals surface area contributed by atoms with Crippen molar-refractivity contribution in [2.45, 2.75) is 62.7 Å². The van der Waals surface area contributed by atoms with Gasteiger partial charge in [0.1, 0.15) is 12.2 Å². The maximum Gasteiger partial charge on any atom is 0.252 e. The number of benzene rings is 2. The third-order valence-electron chi connectivity index (χ3n) is 9.51. The van der Waals surface area contributed by atoms with Gasteiger partial charge < -0.3 is 30.5 Å². The first-order valence-electron chi connectivity index (χ1n) is 16.4. The summed E-state index contributed by atoms with van der Waals surface area (Å²) in [6.45, 7) is 6.65. The number of nitrogens with one attached hydrogen (secondary N) is 2. The molecule has 0 spiro atoms. The molecule has 0 unspecified atom stereocenters. The van der Waals surface area contributed by atoms with Gasteiger partial charge in [-0.05, 0) is 50.4 Å². The molecule has 12 heteroatoms. The molecular formula is C34H42N8O4. The SMILES string of the molecule is CCNC(=O)[C@H]1O[C@@H](n2cnc3c(NCC(c4ccccc4)c4ccccc4)nc(N4CC[C@@H](N5CCCC5)C4)nc32)[C@H](O)[C@@H]1O. The number of ether oxygens (including phenoxy) is 1. The Morgan fingerprint density at radius 2 is 1.67 bits per heavy atom. The average molecular weight is 627 g/mol. The Morgan fingerprint density at radius 3 is 2.35 bits per heavy atom. The number of aromatic nitrogens is 4. The second-order valence-electron chi connectivity index (χ2n) is 12.4. The maximum absolute atomic E-state index is 12.6. The van der Waals surface area contributed by atoms with E-state index in [1.807, 2.05) is 36.4 Å². The predicted molar refractivity (Wildman–Crippen MR) is 175 cm³/mol. The van der Waals surface area contributed by atoms with Gasteiger partial charge in [-0.1, -0.05) is 60.7 Å². The first kappa shape index (κ1) is 30.5. The zero-order chi connectivity index (χ0) is 31.6. The standard InChI is InChI=1S/C34H42N8O4/c1-2-35-32(45)29-27(43)28(44)33(46-29)42-21-37-26-30(36-19-25(22-11-5-3-6-12-22)23-13-7-4-8-14-23)38-34(39-31(26)42)41-18-15-24(20-41)40-16-9-10-17-40/h3-8,11-14,21,24-25,27-29,33,43-44H,2,9-10,15-20H2,1H3,(H,35,45)(H,36,38,39)/t24-,27+,28-,29+,33-/m1/s1. The van der Waals surface area contributed by atoms with Crippen molar-refractivity contribution < 1.29 is 19.7 Å². The molecule has 1 amide bonds. The maximum atomic E-state index is 12.6. The van der Waals surface area contributed by atoms with Crippen LogP contribution in [-0.4, -0.2) is 104 Å². The number of nitrogens with zero attached hydrogens (tertiary/aromatic N) is 6. The molecule has 0 aliphatic carbocycles. The van der Waals surface area contributed by atoms with Crippen molar-refractivity contribution in [2.75, 3.05) is 49.5 Å². The number of rotatable bonds is 10. The molecular weight excluding hydrogens is 584 g/mol. The molecule has 5 heterocycles. The van der Waals surface area contributed by atoms with Crippen molar-refractivity contribution in [3.05, 3.63) is 78.1 Å². The van der Waals surface area contributed by atoms with Crippen molar-refractivity contribution in [1.82, 2.24) is 29.7 Å². The van der Waals surface area contributed by atoms with Crippen LogP contribution in [-0.2, 0) is 9.53 Å². The fourth-order valence-electron chi connectivity index (χ4n) is 7.06. The van der Waals surface area contributed by atoms with Crippen molar-refractivity contribution >= 4 is 28.8 Å². The summed E-state index contributed by atoms with van der Waals surface area (Å²) in [6, 6.07) is 21.2.